The predicted octanol–water partition coefficient (Wildman–Crippen LogP) is 2.86. The summed E-state index contributed by atoms with van der Waals surface area (Å²) in [6.45, 7) is 1.49. The molecular formula is C10H9BrO. The largest absolute Gasteiger partial charge is 0.373 e. The first kappa shape index (κ1) is 8.02. The summed E-state index contributed by atoms with van der Waals surface area (Å²) in [5.41, 5.74) is 2.53. The summed E-state index contributed by atoms with van der Waals surface area (Å²) in [5.74, 6) is 0. The second-order valence-corrected chi connectivity index (χ2v) is 3.58. The van der Waals surface area contributed by atoms with Crippen molar-refractivity contribution < 1.29 is 4.74 Å². The van der Waals surface area contributed by atoms with E-state index in [9.17, 15) is 0 Å². The van der Waals surface area contributed by atoms with Gasteiger partial charge >= 0.3 is 0 Å². The second kappa shape index (κ2) is 3.42. The Morgan fingerprint density at radius 1 is 1.25 bits per heavy atom. The first-order valence-corrected chi connectivity index (χ1v) is 4.69. The summed E-state index contributed by atoms with van der Waals surface area (Å²) >= 11 is 3.51. The van der Waals surface area contributed by atoms with Gasteiger partial charge < -0.3 is 4.74 Å². The van der Waals surface area contributed by atoms with Crippen molar-refractivity contribution in [3.8, 4) is 0 Å². The fourth-order valence-electron chi connectivity index (χ4n) is 1.30. The summed E-state index contributed by atoms with van der Waals surface area (Å²) in [7, 11) is 0. The maximum absolute atomic E-state index is 5.25. The Morgan fingerprint density at radius 3 is 2.75 bits per heavy atom. The molecule has 1 aliphatic heterocycles. The van der Waals surface area contributed by atoms with E-state index >= 15 is 0 Å². The lowest BCUT2D eigenvalue weighted by Gasteiger charge is -2.03. The Kier molecular flexibility index (Phi) is 2.28. The van der Waals surface area contributed by atoms with Crippen LogP contribution in [0.3, 0.4) is 0 Å². The molecule has 0 aliphatic carbocycles. The van der Waals surface area contributed by atoms with Crippen molar-refractivity contribution in [1.29, 1.82) is 0 Å². The molecule has 0 amide bonds. The lowest BCUT2D eigenvalue weighted by atomic mass is 10.1. The Hall–Kier alpha value is -0.600. The van der Waals surface area contributed by atoms with Gasteiger partial charge in [-0.05, 0) is 17.2 Å². The predicted molar refractivity (Wildman–Crippen MR) is 52.9 cm³/mol. The average molecular weight is 225 g/mol. The van der Waals surface area contributed by atoms with Crippen LogP contribution in [0.1, 0.15) is 5.56 Å². The van der Waals surface area contributed by atoms with Crippen LogP contribution in [0.25, 0.3) is 5.57 Å². The van der Waals surface area contributed by atoms with E-state index < -0.39 is 0 Å². The maximum atomic E-state index is 5.25. The number of rotatable bonds is 1. The average Bonchev–Trinajstić information content (AvgIpc) is 2.57. The van der Waals surface area contributed by atoms with E-state index in [0.717, 1.165) is 17.7 Å². The van der Waals surface area contributed by atoms with Crippen LogP contribution in [-0.2, 0) is 4.74 Å². The van der Waals surface area contributed by atoms with E-state index in [0.29, 0.717) is 0 Å². The van der Waals surface area contributed by atoms with Gasteiger partial charge in [0, 0.05) is 4.47 Å². The molecule has 0 atom stereocenters. The van der Waals surface area contributed by atoms with Gasteiger partial charge in [0.1, 0.15) is 0 Å². The van der Waals surface area contributed by atoms with Gasteiger partial charge in [0.15, 0.2) is 0 Å². The number of hydrogen-bond acceptors (Lipinski definition) is 1. The lowest BCUT2D eigenvalue weighted by molar-refractivity contribution is 0.216. The first-order valence-electron chi connectivity index (χ1n) is 3.89. The van der Waals surface area contributed by atoms with Gasteiger partial charge in [0.05, 0.1) is 13.2 Å². The molecule has 1 nitrogen and oxygen atoms in total. The van der Waals surface area contributed by atoms with E-state index in [-0.39, 0.29) is 0 Å². The molecule has 1 aromatic rings. The molecule has 12 heavy (non-hydrogen) atoms. The molecule has 0 radical (unpaired) electrons. The Bertz CT molecular complexity index is 317. The zero-order valence-electron chi connectivity index (χ0n) is 6.59. The number of benzene rings is 1. The fourth-order valence-corrected chi connectivity index (χ4v) is 1.84. The van der Waals surface area contributed by atoms with Crippen LogP contribution in [0.4, 0.5) is 0 Å². The van der Waals surface area contributed by atoms with E-state index in [1.807, 2.05) is 12.1 Å². The van der Waals surface area contributed by atoms with Crippen LogP contribution in [0.2, 0.25) is 0 Å². The van der Waals surface area contributed by atoms with Crippen molar-refractivity contribution >= 4 is 21.5 Å². The third-order valence-electron chi connectivity index (χ3n) is 1.92. The smallest absolute Gasteiger partial charge is 0.0725 e. The fraction of sp³-hybridized carbons (Fsp3) is 0.200. The highest BCUT2D eigenvalue weighted by Crippen LogP contribution is 2.26. The summed E-state index contributed by atoms with van der Waals surface area (Å²) in [6.07, 6.45) is 2.13. The molecule has 0 fully saturated rings. The highest BCUT2D eigenvalue weighted by Gasteiger charge is 2.09. The molecule has 1 heterocycles. The molecule has 0 spiro atoms. The van der Waals surface area contributed by atoms with Crippen molar-refractivity contribution in [2.45, 2.75) is 0 Å². The molecular weight excluding hydrogens is 216 g/mol. The van der Waals surface area contributed by atoms with Gasteiger partial charge in [-0.1, -0.05) is 40.2 Å². The van der Waals surface area contributed by atoms with E-state index in [1.165, 1.54) is 11.1 Å². The lowest BCUT2D eigenvalue weighted by Crippen LogP contribution is -1.88. The number of hydrogen-bond donors (Lipinski definition) is 0. The van der Waals surface area contributed by atoms with Crippen molar-refractivity contribution in [3.05, 3.63) is 40.4 Å². The topological polar surface area (TPSA) is 9.23 Å². The second-order valence-electron chi connectivity index (χ2n) is 2.72. The molecule has 0 saturated carbocycles. The van der Waals surface area contributed by atoms with Gasteiger partial charge in [-0.2, -0.15) is 0 Å². The summed E-state index contributed by atoms with van der Waals surface area (Å²) in [4.78, 5) is 0. The van der Waals surface area contributed by atoms with E-state index in [2.05, 4.69) is 34.1 Å². The maximum Gasteiger partial charge on any atom is 0.0725 e. The molecule has 0 aromatic heterocycles. The third-order valence-corrected chi connectivity index (χ3v) is 2.62. The van der Waals surface area contributed by atoms with Crippen molar-refractivity contribution in [2.75, 3.05) is 13.2 Å². The van der Waals surface area contributed by atoms with Crippen molar-refractivity contribution in [2.24, 2.45) is 0 Å². The molecule has 0 N–H and O–H groups in total. The van der Waals surface area contributed by atoms with Gasteiger partial charge in [-0.15, -0.1) is 0 Å². The molecule has 1 aliphatic rings. The van der Waals surface area contributed by atoms with Gasteiger partial charge in [0.25, 0.3) is 0 Å². The van der Waals surface area contributed by atoms with Crippen LogP contribution in [0.15, 0.2) is 34.8 Å². The van der Waals surface area contributed by atoms with Gasteiger partial charge in [-0.3, -0.25) is 0 Å². The molecule has 0 saturated heterocycles. The van der Waals surface area contributed by atoms with Crippen LogP contribution in [-0.4, -0.2) is 13.2 Å². The number of halogens is 1. The van der Waals surface area contributed by atoms with Crippen molar-refractivity contribution in [3.63, 3.8) is 0 Å². The zero-order chi connectivity index (χ0) is 8.39. The zero-order valence-corrected chi connectivity index (χ0v) is 8.17. The van der Waals surface area contributed by atoms with Crippen LogP contribution < -0.4 is 0 Å². The minimum absolute atomic E-state index is 0.739. The highest BCUT2D eigenvalue weighted by molar-refractivity contribution is 9.10. The van der Waals surface area contributed by atoms with E-state index in [1.54, 1.807) is 0 Å². The standard InChI is InChI=1S/C10H9BrO/c11-10-4-2-1-3-9(10)8-5-6-12-7-8/h1-5H,6-7H2. The first-order chi connectivity index (χ1) is 5.88. The minimum atomic E-state index is 0.739. The Balaban J connectivity index is 2.39. The normalized spacial score (nSPS) is 16.2. The Morgan fingerprint density at radius 2 is 2.08 bits per heavy atom. The van der Waals surface area contributed by atoms with Crippen LogP contribution in [0.5, 0.6) is 0 Å². The summed E-state index contributed by atoms with van der Waals surface area (Å²) < 4.78 is 6.39. The highest BCUT2D eigenvalue weighted by atomic mass is 79.9. The molecule has 2 rings (SSSR count). The molecule has 2 heteroatoms. The van der Waals surface area contributed by atoms with Crippen molar-refractivity contribution in [1.82, 2.24) is 0 Å². The minimum Gasteiger partial charge on any atom is -0.373 e. The summed E-state index contributed by atoms with van der Waals surface area (Å²) in [6, 6.07) is 8.21. The Labute approximate surface area is 80.2 Å². The molecule has 0 bridgehead atoms. The third kappa shape index (κ3) is 1.45. The monoisotopic (exact) mass is 224 g/mol. The molecule has 1 aromatic carbocycles. The van der Waals surface area contributed by atoms with Gasteiger partial charge in [-0.25, -0.2) is 0 Å². The van der Waals surface area contributed by atoms with Crippen LogP contribution >= 0.6 is 15.9 Å². The quantitative estimate of drug-likeness (QED) is 0.714. The van der Waals surface area contributed by atoms with Crippen LogP contribution in [0, 0.1) is 0 Å². The number of ether oxygens (including phenoxy) is 1. The summed E-state index contributed by atoms with van der Waals surface area (Å²) in [5, 5.41) is 0. The van der Waals surface area contributed by atoms with Gasteiger partial charge in [0.2, 0.25) is 0 Å². The molecule has 0 unspecified atom stereocenters. The molecule has 62 valence electrons. The van der Waals surface area contributed by atoms with E-state index in [4.69, 9.17) is 4.74 Å². The SMILES string of the molecule is Brc1ccccc1C1=CCOC1.